The molecule has 2 fully saturated rings. The van der Waals surface area contributed by atoms with Gasteiger partial charge in [-0.1, -0.05) is 12.8 Å². The number of nitrogens with zero attached hydrogens (tertiary/aromatic N) is 1. The van der Waals surface area contributed by atoms with Crippen molar-refractivity contribution in [2.75, 3.05) is 13.1 Å². The van der Waals surface area contributed by atoms with Crippen molar-refractivity contribution in [1.29, 1.82) is 0 Å². The van der Waals surface area contributed by atoms with Crippen LogP contribution >= 0.6 is 0 Å². The molecule has 2 aliphatic rings. The van der Waals surface area contributed by atoms with Crippen LogP contribution in [0, 0.1) is 5.92 Å². The normalized spacial score (nSPS) is 28.3. The van der Waals surface area contributed by atoms with Gasteiger partial charge in [0.1, 0.15) is 0 Å². The molecule has 0 aromatic carbocycles. The van der Waals surface area contributed by atoms with Crippen molar-refractivity contribution in [2.24, 2.45) is 5.92 Å². The Hall–Kier alpha value is -0.570. The zero-order valence-electron chi connectivity index (χ0n) is 9.32. The molecular formula is C12H21NO2. The quantitative estimate of drug-likeness (QED) is 0.753. The van der Waals surface area contributed by atoms with Gasteiger partial charge in [-0.25, -0.2) is 0 Å². The molecule has 86 valence electrons. The summed E-state index contributed by atoms with van der Waals surface area (Å²) in [6.45, 7) is 1.41. The van der Waals surface area contributed by atoms with Crippen LogP contribution in [0.4, 0.5) is 0 Å². The van der Waals surface area contributed by atoms with Crippen LogP contribution < -0.4 is 0 Å². The van der Waals surface area contributed by atoms with Gasteiger partial charge in [0.15, 0.2) is 0 Å². The van der Waals surface area contributed by atoms with Crippen LogP contribution in [0.25, 0.3) is 0 Å². The first-order valence-corrected chi connectivity index (χ1v) is 6.21. The highest BCUT2D eigenvalue weighted by molar-refractivity contribution is 5.76. The van der Waals surface area contributed by atoms with Crippen molar-refractivity contribution in [2.45, 2.75) is 51.0 Å². The fourth-order valence-corrected chi connectivity index (χ4v) is 2.77. The average molecular weight is 211 g/mol. The molecule has 1 atom stereocenters. The van der Waals surface area contributed by atoms with Crippen LogP contribution in [-0.4, -0.2) is 35.1 Å². The third kappa shape index (κ3) is 2.94. The zero-order valence-corrected chi connectivity index (χ0v) is 9.32. The van der Waals surface area contributed by atoms with Gasteiger partial charge >= 0.3 is 0 Å². The number of piperidine rings is 1. The van der Waals surface area contributed by atoms with Crippen LogP contribution in [0.3, 0.4) is 0 Å². The van der Waals surface area contributed by atoms with E-state index in [1.165, 1.54) is 25.7 Å². The first kappa shape index (κ1) is 10.9. The molecule has 1 saturated carbocycles. The summed E-state index contributed by atoms with van der Waals surface area (Å²) >= 11 is 0. The highest BCUT2D eigenvalue weighted by atomic mass is 16.3. The maximum atomic E-state index is 11.9. The zero-order chi connectivity index (χ0) is 10.7. The number of rotatable bonds is 2. The molecule has 1 N–H and O–H groups in total. The summed E-state index contributed by atoms with van der Waals surface area (Å²) in [6.07, 6.45) is 7.27. The fraction of sp³-hybridized carbons (Fsp3) is 0.917. The molecule has 1 amide bonds. The Morgan fingerprint density at radius 2 is 1.93 bits per heavy atom. The molecule has 1 heterocycles. The highest BCUT2D eigenvalue weighted by Gasteiger charge is 2.25. The number of hydrogen-bond acceptors (Lipinski definition) is 2. The molecule has 1 aliphatic carbocycles. The number of aliphatic hydroxyl groups excluding tert-OH is 1. The second kappa shape index (κ2) is 4.97. The third-order valence-corrected chi connectivity index (χ3v) is 3.69. The summed E-state index contributed by atoms with van der Waals surface area (Å²) in [5.41, 5.74) is 0. The van der Waals surface area contributed by atoms with Gasteiger partial charge in [-0.3, -0.25) is 4.79 Å². The number of aliphatic hydroxyl groups is 1. The van der Waals surface area contributed by atoms with Crippen molar-refractivity contribution in [3.05, 3.63) is 0 Å². The molecule has 3 heteroatoms. The molecule has 0 spiro atoms. The van der Waals surface area contributed by atoms with Gasteiger partial charge in [-0.2, -0.15) is 0 Å². The van der Waals surface area contributed by atoms with Gasteiger partial charge in [-0.15, -0.1) is 0 Å². The number of β-amino-alcohol motifs (C(OH)–C–C–N with tert-alkyl or cyclic N) is 1. The lowest BCUT2D eigenvalue weighted by molar-refractivity contribution is -0.135. The van der Waals surface area contributed by atoms with Gasteiger partial charge in [0.25, 0.3) is 0 Å². The summed E-state index contributed by atoms with van der Waals surface area (Å²) in [5, 5.41) is 9.50. The number of likely N-dealkylation sites (tertiary alicyclic amines) is 1. The minimum atomic E-state index is -0.286. The summed E-state index contributed by atoms with van der Waals surface area (Å²) < 4.78 is 0. The van der Waals surface area contributed by atoms with Crippen molar-refractivity contribution >= 4 is 5.91 Å². The lowest BCUT2D eigenvalue weighted by atomic mass is 10.0. The summed E-state index contributed by atoms with van der Waals surface area (Å²) in [6, 6.07) is 0. The lowest BCUT2D eigenvalue weighted by Crippen LogP contribution is -2.42. The largest absolute Gasteiger partial charge is 0.391 e. The summed E-state index contributed by atoms with van der Waals surface area (Å²) in [7, 11) is 0. The van der Waals surface area contributed by atoms with Gasteiger partial charge in [-0.05, 0) is 31.6 Å². The molecular weight excluding hydrogens is 190 g/mol. The average Bonchev–Trinajstić information content (AvgIpc) is 2.70. The van der Waals surface area contributed by atoms with Gasteiger partial charge in [0.2, 0.25) is 5.91 Å². The first-order valence-electron chi connectivity index (χ1n) is 6.21. The second-order valence-corrected chi connectivity index (χ2v) is 4.99. The molecule has 0 radical (unpaired) electrons. The molecule has 1 unspecified atom stereocenters. The van der Waals surface area contributed by atoms with Gasteiger partial charge in [0, 0.05) is 19.5 Å². The van der Waals surface area contributed by atoms with Crippen LogP contribution in [0.5, 0.6) is 0 Å². The Morgan fingerprint density at radius 3 is 2.60 bits per heavy atom. The van der Waals surface area contributed by atoms with Crippen molar-refractivity contribution in [3.63, 3.8) is 0 Å². The Morgan fingerprint density at radius 1 is 1.20 bits per heavy atom. The SMILES string of the molecule is O=C(CC1CCCC1)N1CCCC(O)C1. The van der Waals surface area contributed by atoms with E-state index in [9.17, 15) is 9.90 Å². The lowest BCUT2D eigenvalue weighted by Gasteiger charge is -2.30. The Balaban J connectivity index is 1.78. The standard InChI is InChI=1S/C12H21NO2/c14-11-6-3-7-13(9-11)12(15)8-10-4-1-2-5-10/h10-11,14H,1-9H2. The van der Waals surface area contributed by atoms with E-state index >= 15 is 0 Å². The van der Waals surface area contributed by atoms with E-state index in [0.717, 1.165) is 19.4 Å². The van der Waals surface area contributed by atoms with Crippen molar-refractivity contribution < 1.29 is 9.90 Å². The molecule has 1 aliphatic heterocycles. The van der Waals surface area contributed by atoms with E-state index in [1.54, 1.807) is 0 Å². The van der Waals surface area contributed by atoms with Crippen LogP contribution in [0.1, 0.15) is 44.9 Å². The first-order chi connectivity index (χ1) is 7.25. The van der Waals surface area contributed by atoms with Crippen molar-refractivity contribution in [1.82, 2.24) is 4.90 Å². The van der Waals surface area contributed by atoms with E-state index in [0.29, 0.717) is 18.9 Å². The molecule has 0 bridgehead atoms. The Labute approximate surface area is 91.5 Å². The van der Waals surface area contributed by atoms with E-state index in [4.69, 9.17) is 0 Å². The number of carbonyl (C=O) groups is 1. The molecule has 1 saturated heterocycles. The van der Waals surface area contributed by atoms with Crippen LogP contribution in [0.2, 0.25) is 0 Å². The topological polar surface area (TPSA) is 40.5 Å². The predicted molar refractivity (Wildman–Crippen MR) is 58.4 cm³/mol. The van der Waals surface area contributed by atoms with E-state index < -0.39 is 0 Å². The van der Waals surface area contributed by atoms with E-state index in [2.05, 4.69) is 0 Å². The molecule has 0 aromatic heterocycles. The number of hydrogen-bond donors (Lipinski definition) is 1. The molecule has 3 nitrogen and oxygen atoms in total. The monoisotopic (exact) mass is 211 g/mol. The van der Waals surface area contributed by atoms with Gasteiger partial charge < -0.3 is 10.0 Å². The maximum absolute atomic E-state index is 11.9. The molecule has 15 heavy (non-hydrogen) atoms. The molecule has 2 rings (SSSR count). The smallest absolute Gasteiger partial charge is 0.222 e. The van der Waals surface area contributed by atoms with Crippen LogP contribution in [-0.2, 0) is 4.79 Å². The maximum Gasteiger partial charge on any atom is 0.222 e. The number of carbonyl (C=O) groups excluding carboxylic acids is 1. The van der Waals surface area contributed by atoms with E-state index in [1.807, 2.05) is 4.90 Å². The van der Waals surface area contributed by atoms with E-state index in [-0.39, 0.29) is 12.0 Å². The predicted octanol–water partition coefficient (Wildman–Crippen LogP) is 1.55. The minimum Gasteiger partial charge on any atom is -0.391 e. The Kier molecular flexibility index (Phi) is 3.62. The minimum absolute atomic E-state index is 0.264. The van der Waals surface area contributed by atoms with Crippen LogP contribution in [0.15, 0.2) is 0 Å². The summed E-state index contributed by atoms with van der Waals surface area (Å²) in [5.74, 6) is 0.886. The number of amides is 1. The third-order valence-electron chi connectivity index (χ3n) is 3.69. The highest BCUT2D eigenvalue weighted by Crippen LogP contribution is 2.28. The summed E-state index contributed by atoms with van der Waals surface area (Å²) in [4.78, 5) is 13.8. The molecule has 0 aromatic rings. The second-order valence-electron chi connectivity index (χ2n) is 4.99. The van der Waals surface area contributed by atoms with Crippen molar-refractivity contribution in [3.8, 4) is 0 Å². The Bertz CT molecular complexity index is 224. The van der Waals surface area contributed by atoms with Gasteiger partial charge in [0.05, 0.1) is 6.10 Å². The fourth-order valence-electron chi connectivity index (χ4n) is 2.77.